The van der Waals surface area contributed by atoms with Gasteiger partial charge in [-0.3, -0.25) is 4.68 Å². The van der Waals surface area contributed by atoms with Crippen LogP contribution in [0.5, 0.6) is 0 Å². The number of nitrogens with zero attached hydrogens (tertiary/aromatic N) is 2. The molecule has 0 saturated carbocycles. The SMILES string of the molecule is Cn1ccc(CCNS(=O)(=O)Cc2cccc(CO)c2)n1. The molecule has 0 saturated heterocycles. The van der Waals surface area contributed by atoms with Crippen molar-refractivity contribution in [3.05, 3.63) is 53.3 Å². The average molecular weight is 309 g/mol. The lowest BCUT2D eigenvalue weighted by molar-refractivity contribution is 0.282. The summed E-state index contributed by atoms with van der Waals surface area (Å²) in [7, 11) is -1.57. The highest BCUT2D eigenvalue weighted by Crippen LogP contribution is 2.08. The lowest BCUT2D eigenvalue weighted by Gasteiger charge is -2.07. The van der Waals surface area contributed by atoms with E-state index in [-0.39, 0.29) is 12.4 Å². The van der Waals surface area contributed by atoms with Crippen LogP contribution in [0, 0.1) is 0 Å². The van der Waals surface area contributed by atoms with Crippen LogP contribution < -0.4 is 4.72 Å². The van der Waals surface area contributed by atoms with Crippen LogP contribution in [-0.4, -0.2) is 29.8 Å². The summed E-state index contributed by atoms with van der Waals surface area (Å²) >= 11 is 0. The first-order chi connectivity index (χ1) is 9.98. The Kier molecular flexibility index (Phi) is 5.11. The maximum Gasteiger partial charge on any atom is 0.215 e. The van der Waals surface area contributed by atoms with Crippen LogP contribution >= 0.6 is 0 Å². The zero-order chi connectivity index (χ0) is 15.3. The van der Waals surface area contributed by atoms with Gasteiger partial charge < -0.3 is 5.11 Å². The lowest BCUT2D eigenvalue weighted by Crippen LogP contribution is -2.27. The molecule has 0 atom stereocenters. The van der Waals surface area contributed by atoms with Crippen molar-refractivity contribution in [1.29, 1.82) is 0 Å². The van der Waals surface area contributed by atoms with Gasteiger partial charge >= 0.3 is 0 Å². The summed E-state index contributed by atoms with van der Waals surface area (Å²) in [5.74, 6) is -0.0942. The van der Waals surface area contributed by atoms with E-state index in [1.54, 1.807) is 28.9 Å². The van der Waals surface area contributed by atoms with Crippen molar-refractivity contribution in [1.82, 2.24) is 14.5 Å². The second-order valence-corrected chi connectivity index (χ2v) is 6.67. The van der Waals surface area contributed by atoms with Gasteiger partial charge in [-0.2, -0.15) is 5.10 Å². The maximum absolute atomic E-state index is 12.0. The largest absolute Gasteiger partial charge is 0.392 e. The van der Waals surface area contributed by atoms with Gasteiger partial charge in [0.15, 0.2) is 0 Å². The Balaban J connectivity index is 1.89. The molecule has 1 aromatic carbocycles. The Morgan fingerprint density at radius 1 is 1.29 bits per heavy atom. The molecule has 0 radical (unpaired) electrons. The number of sulfonamides is 1. The van der Waals surface area contributed by atoms with Crippen LogP contribution in [-0.2, 0) is 35.9 Å². The first-order valence-corrected chi connectivity index (χ1v) is 8.28. The molecule has 0 aliphatic heterocycles. The first-order valence-electron chi connectivity index (χ1n) is 6.63. The second kappa shape index (κ2) is 6.84. The first kappa shape index (κ1) is 15.7. The minimum atomic E-state index is -3.39. The van der Waals surface area contributed by atoms with E-state index in [0.717, 1.165) is 5.69 Å². The molecule has 2 rings (SSSR count). The monoisotopic (exact) mass is 309 g/mol. The van der Waals surface area contributed by atoms with Crippen molar-refractivity contribution in [3.63, 3.8) is 0 Å². The van der Waals surface area contributed by atoms with Crippen LogP contribution in [0.15, 0.2) is 36.5 Å². The van der Waals surface area contributed by atoms with Gasteiger partial charge in [0.1, 0.15) is 0 Å². The van der Waals surface area contributed by atoms with E-state index in [4.69, 9.17) is 5.11 Å². The second-order valence-electron chi connectivity index (χ2n) is 4.86. The molecule has 0 spiro atoms. The number of benzene rings is 1. The predicted molar refractivity (Wildman–Crippen MR) is 79.9 cm³/mol. The van der Waals surface area contributed by atoms with Gasteiger partial charge in [0.2, 0.25) is 10.0 Å². The Morgan fingerprint density at radius 3 is 2.71 bits per heavy atom. The molecule has 0 fully saturated rings. The molecule has 7 heteroatoms. The van der Waals surface area contributed by atoms with Crippen LogP contribution in [0.1, 0.15) is 16.8 Å². The van der Waals surface area contributed by atoms with Gasteiger partial charge in [-0.25, -0.2) is 13.1 Å². The van der Waals surface area contributed by atoms with E-state index in [2.05, 4.69) is 9.82 Å². The molecule has 2 N–H and O–H groups in total. The van der Waals surface area contributed by atoms with Crippen LogP contribution in [0.2, 0.25) is 0 Å². The van der Waals surface area contributed by atoms with Gasteiger partial charge in [-0.1, -0.05) is 24.3 Å². The number of nitrogens with one attached hydrogen (secondary N) is 1. The Labute approximate surface area is 124 Å². The van der Waals surface area contributed by atoms with Crippen LogP contribution in [0.25, 0.3) is 0 Å². The third-order valence-electron chi connectivity index (χ3n) is 3.00. The predicted octanol–water partition coefficient (Wildman–Crippen LogP) is 0.574. The van der Waals surface area contributed by atoms with E-state index in [0.29, 0.717) is 24.1 Å². The summed E-state index contributed by atoms with van der Waals surface area (Å²) in [6.07, 6.45) is 2.38. The summed E-state index contributed by atoms with van der Waals surface area (Å²) in [6, 6.07) is 8.78. The normalized spacial score (nSPS) is 11.7. The standard InChI is InChI=1S/C14H19N3O3S/c1-17-8-6-14(16-17)5-7-15-21(19,20)11-13-4-2-3-12(9-13)10-18/h2-4,6,8-9,15,18H,5,7,10-11H2,1H3. The molecule has 2 aromatic rings. The van der Waals surface area contributed by atoms with Gasteiger partial charge in [0.05, 0.1) is 18.1 Å². The summed E-state index contributed by atoms with van der Waals surface area (Å²) in [4.78, 5) is 0. The summed E-state index contributed by atoms with van der Waals surface area (Å²) in [6.45, 7) is 0.222. The molecule has 0 aliphatic rings. The molecule has 1 aromatic heterocycles. The fourth-order valence-electron chi connectivity index (χ4n) is 2.02. The fraction of sp³-hybridized carbons (Fsp3) is 0.357. The van der Waals surface area contributed by atoms with Gasteiger partial charge in [-0.05, 0) is 17.2 Å². The molecule has 0 aliphatic carbocycles. The van der Waals surface area contributed by atoms with Crippen molar-refractivity contribution in [2.75, 3.05) is 6.54 Å². The van der Waals surface area contributed by atoms with Crippen molar-refractivity contribution < 1.29 is 13.5 Å². The molecule has 1 heterocycles. The number of aliphatic hydroxyl groups excluding tert-OH is 1. The molecular weight excluding hydrogens is 290 g/mol. The third kappa shape index (κ3) is 4.96. The quantitative estimate of drug-likeness (QED) is 0.783. The third-order valence-corrected chi connectivity index (χ3v) is 4.36. The molecule has 114 valence electrons. The molecule has 0 amide bonds. The van der Waals surface area contributed by atoms with Crippen LogP contribution in [0.3, 0.4) is 0 Å². The topological polar surface area (TPSA) is 84.2 Å². The van der Waals surface area contributed by atoms with Gasteiger partial charge in [0.25, 0.3) is 0 Å². The number of rotatable bonds is 7. The molecular formula is C14H19N3O3S. The minimum absolute atomic E-state index is 0.0942. The van der Waals surface area contributed by atoms with Crippen molar-refractivity contribution >= 4 is 10.0 Å². The van der Waals surface area contributed by atoms with Crippen molar-refractivity contribution in [2.45, 2.75) is 18.8 Å². The minimum Gasteiger partial charge on any atom is -0.392 e. The smallest absolute Gasteiger partial charge is 0.215 e. The van der Waals surface area contributed by atoms with E-state index >= 15 is 0 Å². The zero-order valence-corrected chi connectivity index (χ0v) is 12.7. The van der Waals surface area contributed by atoms with Gasteiger partial charge in [-0.15, -0.1) is 0 Å². The Bertz CT molecular complexity index is 695. The summed E-state index contributed by atoms with van der Waals surface area (Å²) < 4.78 is 28.2. The number of aliphatic hydroxyl groups is 1. The number of hydrogen-bond donors (Lipinski definition) is 2. The highest BCUT2D eigenvalue weighted by Gasteiger charge is 2.11. The number of hydrogen-bond acceptors (Lipinski definition) is 4. The van der Waals surface area contributed by atoms with Crippen molar-refractivity contribution in [3.8, 4) is 0 Å². The van der Waals surface area contributed by atoms with E-state index < -0.39 is 10.0 Å². The highest BCUT2D eigenvalue weighted by molar-refractivity contribution is 7.88. The molecule has 21 heavy (non-hydrogen) atoms. The van der Waals surface area contributed by atoms with E-state index in [1.807, 2.05) is 19.3 Å². The van der Waals surface area contributed by atoms with E-state index in [9.17, 15) is 8.42 Å². The lowest BCUT2D eigenvalue weighted by atomic mass is 10.1. The van der Waals surface area contributed by atoms with Crippen molar-refractivity contribution in [2.24, 2.45) is 7.05 Å². The zero-order valence-electron chi connectivity index (χ0n) is 11.9. The van der Waals surface area contributed by atoms with Gasteiger partial charge in [0, 0.05) is 26.2 Å². The number of aryl methyl sites for hydroxylation is 1. The summed E-state index contributed by atoms with van der Waals surface area (Å²) in [5.41, 5.74) is 2.21. The fourth-order valence-corrected chi connectivity index (χ4v) is 3.15. The number of aromatic nitrogens is 2. The maximum atomic E-state index is 12.0. The molecule has 0 unspecified atom stereocenters. The Morgan fingerprint density at radius 2 is 2.05 bits per heavy atom. The molecule has 0 bridgehead atoms. The average Bonchev–Trinajstić information content (AvgIpc) is 2.84. The molecule has 6 nitrogen and oxygen atoms in total. The van der Waals surface area contributed by atoms with Crippen LogP contribution in [0.4, 0.5) is 0 Å². The Hall–Kier alpha value is -1.70. The summed E-state index contributed by atoms with van der Waals surface area (Å²) in [5, 5.41) is 13.2. The highest BCUT2D eigenvalue weighted by atomic mass is 32.2. The van der Waals surface area contributed by atoms with E-state index in [1.165, 1.54) is 0 Å².